The monoisotopic (exact) mass is 910 g/mol. The third kappa shape index (κ3) is 5.98. The summed E-state index contributed by atoms with van der Waals surface area (Å²) >= 11 is 0. The van der Waals surface area contributed by atoms with Crippen molar-refractivity contribution in [3.8, 4) is 77.9 Å². The zero-order chi connectivity index (χ0) is 48.5. The minimum atomic E-state index is -0.161. The molecule has 14 rings (SSSR count). The summed E-state index contributed by atoms with van der Waals surface area (Å²) in [5, 5.41) is 8.00. The normalized spacial score (nSPS) is 15.5. The maximum atomic E-state index is 2.48. The molecule has 0 spiro atoms. The lowest BCUT2D eigenvalue weighted by Gasteiger charge is -2.24. The Morgan fingerprint density at radius 3 is 1.11 bits per heavy atom. The fourth-order valence-corrected chi connectivity index (χ4v) is 13.4. The molecule has 0 saturated carbocycles. The third-order valence-electron chi connectivity index (χ3n) is 17.6. The van der Waals surface area contributed by atoms with Gasteiger partial charge in [0.25, 0.3) is 0 Å². The molecule has 0 fully saturated rings. The van der Waals surface area contributed by atoms with Crippen molar-refractivity contribution in [1.29, 1.82) is 0 Å². The molecule has 0 aromatic heterocycles. The smallest absolute Gasteiger partial charge is 0.0159 e. The summed E-state index contributed by atoms with van der Waals surface area (Å²) in [6.07, 6.45) is 0. The first-order valence-electron chi connectivity index (χ1n) is 25.7. The van der Waals surface area contributed by atoms with E-state index in [0.29, 0.717) is 0 Å². The molecule has 0 bridgehead atoms. The van der Waals surface area contributed by atoms with E-state index in [4.69, 9.17) is 0 Å². The van der Waals surface area contributed by atoms with Gasteiger partial charge in [0.1, 0.15) is 0 Å². The number of rotatable bonds is 4. The molecule has 0 aliphatic heterocycles. The maximum absolute atomic E-state index is 2.48. The summed E-state index contributed by atoms with van der Waals surface area (Å²) in [6, 6.07) is 72.8. The van der Waals surface area contributed by atoms with Gasteiger partial charge in [-0.1, -0.05) is 214 Å². The van der Waals surface area contributed by atoms with Crippen LogP contribution in [-0.2, 0) is 21.7 Å². The predicted molar refractivity (Wildman–Crippen MR) is 303 cm³/mol. The second-order valence-electron chi connectivity index (χ2n) is 23.7. The maximum Gasteiger partial charge on any atom is 0.0159 e. The van der Waals surface area contributed by atoms with Crippen molar-refractivity contribution in [1.82, 2.24) is 0 Å². The van der Waals surface area contributed by atoms with Crippen LogP contribution in [0.3, 0.4) is 0 Å². The molecule has 0 nitrogen and oxygen atoms in total. The van der Waals surface area contributed by atoms with Crippen molar-refractivity contribution >= 4 is 32.3 Å². The molecule has 0 N–H and O–H groups in total. The lowest BCUT2D eigenvalue weighted by molar-refractivity contribution is 0.591. The van der Waals surface area contributed by atoms with E-state index >= 15 is 0 Å². The molecular formula is C71H58. The van der Waals surface area contributed by atoms with E-state index < -0.39 is 0 Å². The van der Waals surface area contributed by atoms with Crippen LogP contribution < -0.4 is 0 Å². The zero-order valence-electron chi connectivity index (χ0n) is 42.4. The Labute approximate surface area is 419 Å². The predicted octanol–water partition coefficient (Wildman–Crippen LogP) is 19.5. The van der Waals surface area contributed by atoms with Gasteiger partial charge < -0.3 is 0 Å². The number of benzene rings is 11. The molecule has 3 aliphatic carbocycles. The first kappa shape index (κ1) is 42.3. The minimum absolute atomic E-state index is 0.0253. The van der Waals surface area contributed by atoms with Crippen LogP contribution in [0.25, 0.3) is 110 Å². The molecule has 11 aromatic carbocycles. The molecular weight excluding hydrogens is 853 g/mol. The highest BCUT2D eigenvalue weighted by Gasteiger charge is 2.39. The van der Waals surface area contributed by atoms with E-state index in [2.05, 4.69) is 250 Å². The molecule has 342 valence electrons. The fourth-order valence-electron chi connectivity index (χ4n) is 13.4. The van der Waals surface area contributed by atoms with Crippen molar-refractivity contribution in [2.75, 3.05) is 0 Å². The molecule has 0 radical (unpaired) electrons. The number of hydrogen-bond donors (Lipinski definition) is 0. The lowest BCUT2D eigenvalue weighted by Crippen LogP contribution is -2.16. The average molecular weight is 911 g/mol. The van der Waals surface area contributed by atoms with Crippen molar-refractivity contribution in [3.63, 3.8) is 0 Å². The summed E-state index contributed by atoms with van der Waals surface area (Å²) < 4.78 is 0. The minimum Gasteiger partial charge on any atom is -0.0619 e. The highest BCUT2D eigenvalue weighted by atomic mass is 14.4. The van der Waals surface area contributed by atoms with Crippen LogP contribution in [0.1, 0.15) is 101 Å². The summed E-state index contributed by atoms with van der Waals surface area (Å²) in [7, 11) is 0. The van der Waals surface area contributed by atoms with Crippen molar-refractivity contribution in [2.24, 2.45) is 0 Å². The molecule has 0 heterocycles. The van der Waals surface area contributed by atoms with Gasteiger partial charge in [0, 0.05) is 16.2 Å². The standard InChI is InChI=1S/C71H58/c1-68(2,3)51-34-49-18-17-41-19-26-52(59-32-25-50(35-51)66(49)67(41)59)48-14-12-13-42(33-48)43-20-28-55-56-30-23-46(39-63(56)70(6,7)62(55)36-43)47-24-31-58-57-29-22-45(38-64(57)71(8,9)65(58)40-47)44-21-27-54-53-15-10-11-16-60(53)69(4,5)61(54)37-44/h10-40H,1-9H3. The van der Waals surface area contributed by atoms with E-state index in [1.807, 2.05) is 0 Å². The second kappa shape index (κ2) is 14.3. The topological polar surface area (TPSA) is 0 Å². The van der Waals surface area contributed by atoms with Crippen molar-refractivity contribution < 1.29 is 0 Å². The molecule has 0 heteroatoms. The Morgan fingerprint density at radius 1 is 0.268 bits per heavy atom. The summed E-state index contributed by atoms with van der Waals surface area (Å²) in [5.74, 6) is 0. The van der Waals surface area contributed by atoms with Gasteiger partial charge in [0.2, 0.25) is 0 Å². The van der Waals surface area contributed by atoms with Crippen molar-refractivity contribution in [3.05, 3.63) is 227 Å². The van der Waals surface area contributed by atoms with Gasteiger partial charge >= 0.3 is 0 Å². The molecule has 3 aliphatic rings. The lowest BCUT2D eigenvalue weighted by atomic mass is 9.79. The second-order valence-corrected chi connectivity index (χ2v) is 23.7. The Kier molecular flexibility index (Phi) is 8.53. The van der Waals surface area contributed by atoms with Gasteiger partial charge in [0.15, 0.2) is 0 Å². The van der Waals surface area contributed by atoms with Crippen LogP contribution >= 0.6 is 0 Å². The Hall–Kier alpha value is -7.54. The number of fused-ring (bicyclic) bond motifs is 9. The van der Waals surface area contributed by atoms with Gasteiger partial charge in [-0.3, -0.25) is 0 Å². The molecule has 0 saturated heterocycles. The van der Waals surface area contributed by atoms with E-state index in [9.17, 15) is 0 Å². The SMILES string of the molecule is CC(C)(C)c1cc2ccc3ccc(-c4cccc(-c5ccc6c(c5)C(C)(C)c5cc(-c7ccc8c(c7)C(C)(C)c7cc(-c9ccc%10c(c9)C(C)(C)c9ccccc9-%10)ccc7-8)ccc5-6)c4)c4ccc(c1)c2c34. The molecule has 0 unspecified atom stereocenters. The van der Waals surface area contributed by atoms with Crippen LogP contribution in [0, 0.1) is 0 Å². The van der Waals surface area contributed by atoms with Crippen molar-refractivity contribution in [2.45, 2.75) is 84.0 Å². The van der Waals surface area contributed by atoms with E-state index in [1.54, 1.807) is 0 Å². The Morgan fingerprint density at radius 2 is 0.634 bits per heavy atom. The van der Waals surface area contributed by atoms with Crippen LogP contribution in [-0.4, -0.2) is 0 Å². The summed E-state index contributed by atoms with van der Waals surface area (Å²) in [4.78, 5) is 0. The molecule has 11 aromatic rings. The highest BCUT2D eigenvalue weighted by molar-refractivity contribution is 6.25. The molecule has 0 amide bonds. The zero-order valence-corrected chi connectivity index (χ0v) is 42.4. The van der Waals surface area contributed by atoms with Crippen LogP contribution in [0.15, 0.2) is 188 Å². The first-order chi connectivity index (χ1) is 34.1. The highest BCUT2D eigenvalue weighted by Crippen LogP contribution is 2.55. The van der Waals surface area contributed by atoms with Crippen LogP contribution in [0.4, 0.5) is 0 Å². The quantitative estimate of drug-likeness (QED) is 0.154. The van der Waals surface area contributed by atoms with Gasteiger partial charge in [-0.05, 0) is 191 Å². The number of hydrogen-bond acceptors (Lipinski definition) is 0. The van der Waals surface area contributed by atoms with Crippen LogP contribution in [0.5, 0.6) is 0 Å². The van der Waals surface area contributed by atoms with Crippen LogP contribution in [0.2, 0.25) is 0 Å². The Balaban J connectivity index is 0.770. The van der Waals surface area contributed by atoms with E-state index in [0.717, 1.165) is 0 Å². The van der Waals surface area contributed by atoms with E-state index in [-0.39, 0.29) is 21.7 Å². The summed E-state index contributed by atoms with van der Waals surface area (Å²) in [6.45, 7) is 21.3. The molecule has 0 atom stereocenters. The average Bonchev–Trinajstić information content (AvgIpc) is 3.85. The fraction of sp³-hybridized carbons (Fsp3) is 0.183. The Bertz CT molecular complexity index is 4080. The first-order valence-corrected chi connectivity index (χ1v) is 25.7. The molecule has 71 heavy (non-hydrogen) atoms. The van der Waals surface area contributed by atoms with Gasteiger partial charge in [-0.2, -0.15) is 0 Å². The van der Waals surface area contributed by atoms with Gasteiger partial charge in [-0.15, -0.1) is 0 Å². The summed E-state index contributed by atoms with van der Waals surface area (Å²) in [5.41, 5.74) is 27.9. The van der Waals surface area contributed by atoms with Gasteiger partial charge in [0.05, 0.1) is 0 Å². The van der Waals surface area contributed by atoms with Gasteiger partial charge in [-0.25, -0.2) is 0 Å². The van der Waals surface area contributed by atoms with E-state index in [1.165, 1.54) is 149 Å². The largest absolute Gasteiger partial charge is 0.0619 e. The third-order valence-corrected chi connectivity index (χ3v) is 17.6.